The summed E-state index contributed by atoms with van der Waals surface area (Å²) in [6.45, 7) is 6.26. The number of esters is 1. The van der Waals surface area contributed by atoms with Crippen LogP contribution in [0.1, 0.15) is 43.1 Å². The maximum absolute atomic E-state index is 13.6. The average molecular weight is 598 g/mol. The van der Waals surface area contributed by atoms with Crippen LogP contribution in [0.4, 0.5) is 9.18 Å². The second-order valence-electron chi connectivity index (χ2n) is 9.58. The largest absolute Gasteiger partial charge is 0.510 e. The van der Waals surface area contributed by atoms with Crippen molar-refractivity contribution in [1.29, 1.82) is 5.26 Å². The molecule has 10 nitrogen and oxygen atoms in total. The Morgan fingerprint density at radius 2 is 1.88 bits per heavy atom. The zero-order valence-corrected chi connectivity index (χ0v) is 24.1. The Kier molecular flexibility index (Phi) is 9.00. The molecular weight excluding hydrogens is 573 g/mol. The van der Waals surface area contributed by atoms with Gasteiger partial charge in [-0.2, -0.15) is 5.26 Å². The average Bonchev–Trinajstić information content (AvgIpc) is 3.56. The van der Waals surface area contributed by atoms with E-state index in [1.807, 2.05) is 36.4 Å². The van der Waals surface area contributed by atoms with Crippen LogP contribution in [0.5, 0.6) is 0 Å². The number of aryl methyl sites for hydroxylation is 1. The van der Waals surface area contributed by atoms with Gasteiger partial charge in [-0.3, -0.25) is 4.79 Å². The Morgan fingerprint density at radius 1 is 1.15 bits per heavy atom. The van der Waals surface area contributed by atoms with Gasteiger partial charge < -0.3 is 14.2 Å². The van der Waals surface area contributed by atoms with Gasteiger partial charge in [-0.1, -0.05) is 41.9 Å². The van der Waals surface area contributed by atoms with E-state index in [0.29, 0.717) is 16.3 Å². The number of aromatic nitrogens is 4. The van der Waals surface area contributed by atoms with E-state index in [1.165, 1.54) is 30.4 Å². The lowest BCUT2D eigenvalue weighted by molar-refractivity contribution is -0.158. The number of ether oxygens (including phenoxy) is 3. The summed E-state index contributed by atoms with van der Waals surface area (Å²) in [5.74, 6) is -1.09. The minimum absolute atomic E-state index is 0.0341. The Labute approximate surface area is 244 Å². The summed E-state index contributed by atoms with van der Waals surface area (Å²) in [4.78, 5) is 31.3. The third kappa shape index (κ3) is 7.06. The zero-order valence-electron chi connectivity index (χ0n) is 22.6. The molecule has 0 spiro atoms. The van der Waals surface area contributed by atoms with Gasteiger partial charge in [0.2, 0.25) is 6.23 Å². The van der Waals surface area contributed by atoms with Crippen molar-refractivity contribution < 1.29 is 28.2 Å². The Morgan fingerprint density at radius 3 is 2.56 bits per heavy atom. The van der Waals surface area contributed by atoms with E-state index in [4.69, 9.17) is 25.8 Å². The maximum Gasteiger partial charge on any atom is 0.510 e. The fourth-order valence-electron chi connectivity index (χ4n) is 3.53. The first-order valence-electron chi connectivity index (χ1n) is 12.3. The van der Waals surface area contributed by atoms with Crippen molar-refractivity contribution in [2.45, 2.75) is 40.5 Å². The molecule has 0 aliphatic rings. The molecule has 4 aromatic rings. The third-order valence-corrected chi connectivity index (χ3v) is 7.14. The summed E-state index contributed by atoms with van der Waals surface area (Å²) in [5.41, 5.74) is 0.862. The molecule has 41 heavy (non-hydrogen) atoms. The van der Waals surface area contributed by atoms with Crippen LogP contribution in [0.2, 0.25) is 5.02 Å². The molecule has 0 N–H and O–H groups in total. The van der Waals surface area contributed by atoms with Crippen molar-refractivity contribution in [1.82, 2.24) is 20.0 Å². The number of halogens is 2. The number of hydrogen-bond donors (Lipinski definition) is 0. The minimum Gasteiger partial charge on any atom is -0.460 e. The van der Waals surface area contributed by atoms with Crippen molar-refractivity contribution >= 4 is 35.1 Å². The molecule has 0 radical (unpaired) electrons. The summed E-state index contributed by atoms with van der Waals surface area (Å²) >= 11 is 7.23. The van der Waals surface area contributed by atoms with Gasteiger partial charge in [0.15, 0.2) is 11.4 Å². The molecule has 2 aromatic carbocycles. The lowest BCUT2D eigenvalue weighted by Gasteiger charge is -2.22. The second kappa shape index (κ2) is 12.4. The van der Waals surface area contributed by atoms with Gasteiger partial charge in [-0.25, -0.2) is 14.2 Å². The molecule has 0 aliphatic heterocycles. The molecule has 2 aromatic heterocycles. The van der Waals surface area contributed by atoms with E-state index in [0.717, 1.165) is 15.2 Å². The molecule has 1 unspecified atom stereocenters. The number of benzene rings is 2. The van der Waals surface area contributed by atoms with Gasteiger partial charge in [-0.15, -0.1) is 26.3 Å². The lowest BCUT2D eigenvalue weighted by atomic mass is 9.95. The fourth-order valence-corrected chi connectivity index (χ4v) is 4.62. The van der Waals surface area contributed by atoms with Gasteiger partial charge in [0, 0.05) is 10.4 Å². The van der Waals surface area contributed by atoms with Crippen molar-refractivity contribution in [3.63, 3.8) is 0 Å². The van der Waals surface area contributed by atoms with E-state index in [1.54, 1.807) is 26.8 Å². The number of rotatable bonds is 9. The molecule has 0 saturated heterocycles. The van der Waals surface area contributed by atoms with Gasteiger partial charge in [0.05, 0.1) is 10.4 Å². The number of carbonyl (C=O) groups is 2. The van der Waals surface area contributed by atoms with E-state index in [-0.39, 0.29) is 29.6 Å². The SMILES string of the molecule is Cc1sc(-c2ccc(F)c(Cl)c2)nc1-c1nn(C(C)OC(=O)OCC(C)(C)C(=O)OCc2ccccc2)nc1C#N. The van der Waals surface area contributed by atoms with Crippen LogP contribution in [0, 0.1) is 29.5 Å². The van der Waals surface area contributed by atoms with Crippen LogP contribution in [0.15, 0.2) is 48.5 Å². The van der Waals surface area contributed by atoms with E-state index in [9.17, 15) is 19.2 Å². The molecular formula is C28H25ClFN5O5S. The highest BCUT2D eigenvalue weighted by atomic mass is 35.5. The maximum atomic E-state index is 13.6. The van der Waals surface area contributed by atoms with Crippen LogP contribution >= 0.6 is 22.9 Å². The Hall–Kier alpha value is -4.34. The molecule has 4 rings (SSSR count). The molecule has 1 atom stereocenters. The predicted octanol–water partition coefficient (Wildman–Crippen LogP) is 6.48. The first-order valence-corrected chi connectivity index (χ1v) is 13.5. The number of carbonyl (C=O) groups excluding carboxylic acids is 2. The molecule has 0 bridgehead atoms. The van der Waals surface area contributed by atoms with Crippen molar-refractivity contribution in [2.24, 2.45) is 5.41 Å². The molecule has 0 aliphatic carbocycles. The summed E-state index contributed by atoms with van der Waals surface area (Å²) in [5, 5.41) is 18.6. The summed E-state index contributed by atoms with van der Waals surface area (Å²) in [6.07, 6.45) is -2.11. The van der Waals surface area contributed by atoms with E-state index < -0.39 is 29.6 Å². The minimum atomic E-state index is -1.13. The molecule has 0 amide bonds. The first-order chi connectivity index (χ1) is 19.5. The van der Waals surface area contributed by atoms with Crippen LogP contribution in [-0.4, -0.2) is 38.7 Å². The number of hydrogen-bond acceptors (Lipinski definition) is 10. The standard InChI is InChI=1S/C28H25ClFN5O5S/c1-16-23(32-25(41-16)19-10-11-21(30)20(29)12-19)24-22(13-31)33-35(34-24)17(2)40-27(37)39-15-28(3,4)26(36)38-14-18-8-6-5-7-9-18/h5-12,17H,14-15H2,1-4H3. The van der Waals surface area contributed by atoms with Crippen LogP contribution in [0.3, 0.4) is 0 Å². The predicted molar refractivity (Wildman–Crippen MR) is 148 cm³/mol. The molecule has 212 valence electrons. The third-order valence-electron chi connectivity index (χ3n) is 5.83. The molecule has 13 heteroatoms. The van der Waals surface area contributed by atoms with Gasteiger partial charge in [0.25, 0.3) is 0 Å². The smallest absolute Gasteiger partial charge is 0.460 e. The molecule has 0 fully saturated rings. The van der Waals surface area contributed by atoms with Crippen molar-refractivity contribution in [3.8, 4) is 28.0 Å². The fraction of sp³-hybridized carbons (Fsp3) is 0.286. The highest BCUT2D eigenvalue weighted by molar-refractivity contribution is 7.15. The number of nitriles is 1. The quantitative estimate of drug-likeness (QED) is 0.199. The Bertz CT molecular complexity index is 1620. The summed E-state index contributed by atoms with van der Waals surface area (Å²) in [7, 11) is 0. The molecule has 2 heterocycles. The number of thiazole rings is 1. The summed E-state index contributed by atoms with van der Waals surface area (Å²) in [6, 6.07) is 15.4. The number of nitrogens with zero attached hydrogens (tertiary/aromatic N) is 5. The normalized spacial score (nSPS) is 11.9. The van der Waals surface area contributed by atoms with Crippen molar-refractivity contribution in [2.75, 3.05) is 6.61 Å². The van der Waals surface area contributed by atoms with Crippen LogP contribution in [0.25, 0.3) is 22.0 Å². The van der Waals surface area contributed by atoms with Gasteiger partial charge in [0.1, 0.15) is 35.8 Å². The first kappa shape index (κ1) is 29.6. The van der Waals surface area contributed by atoms with E-state index in [2.05, 4.69) is 15.2 Å². The van der Waals surface area contributed by atoms with Gasteiger partial charge in [-0.05, 0) is 51.5 Å². The van der Waals surface area contributed by atoms with Crippen molar-refractivity contribution in [3.05, 3.63) is 75.5 Å². The topological polar surface area (TPSA) is 129 Å². The second-order valence-corrected chi connectivity index (χ2v) is 11.2. The Balaban J connectivity index is 1.40. The highest BCUT2D eigenvalue weighted by Crippen LogP contribution is 2.35. The zero-order chi connectivity index (χ0) is 29.7. The van der Waals surface area contributed by atoms with Crippen LogP contribution < -0.4 is 0 Å². The lowest BCUT2D eigenvalue weighted by Crippen LogP contribution is -2.33. The van der Waals surface area contributed by atoms with Crippen LogP contribution in [-0.2, 0) is 25.6 Å². The summed E-state index contributed by atoms with van der Waals surface area (Å²) < 4.78 is 29.4. The monoisotopic (exact) mass is 597 g/mol. The van der Waals surface area contributed by atoms with Gasteiger partial charge >= 0.3 is 12.1 Å². The molecule has 0 saturated carbocycles. The van der Waals surface area contributed by atoms with E-state index >= 15 is 0 Å². The highest BCUT2D eigenvalue weighted by Gasteiger charge is 2.32.